The number of rotatable bonds is 6. The number of nitrogens with one attached hydrogen (secondary N) is 1. The zero-order chi connectivity index (χ0) is 19.1. The molecule has 1 N–H and O–H groups in total. The molecule has 0 radical (unpaired) electrons. The zero-order valence-corrected chi connectivity index (χ0v) is 14.0. The lowest BCUT2D eigenvalue weighted by atomic mass is 10.1. The molecule has 0 aliphatic rings. The molecule has 3 aromatic rings. The summed E-state index contributed by atoms with van der Waals surface area (Å²) in [5, 5.41) is 13.6. The summed E-state index contributed by atoms with van der Waals surface area (Å²) in [4.78, 5) is 30.4. The number of nitrogens with zero attached hydrogens (tertiary/aromatic N) is 3. The molecule has 0 aliphatic carbocycles. The van der Waals surface area contributed by atoms with E-state index >= 15 is 0 Å². The second-order valence-electron chi connectivity index (χ2n) is 5.30. The Hall–Kier alpha value is -4.07. The van der Waals surface area contributed by atoms with E-state index < -0.39 is 10.8 Å². The van der Waals surface area contributed by atoms with Crippen molar-refractivity contribution in [3.8, 4) is 11.8 Å². The molecule has 0 aliphatic heterocycles. The fourth-order valence-corrected chi connectivity index (χ4v) is 2.19. The maximum absolute atomic E-state index is 12.0. The molecule has 8 heteroatoms. The minimum atomic E-state index is -0.493. The van der Waals surface area contributed by atoms with E-state index in [-0.39, 0.29) is 11.7 Å². The summed E-state index contributed by atoms with van der Waals surface area (Å²) in [5.41, 5.74) is 0.837. The van der Waals surface area contributed by atoms with Gasteiger partial charge in [-0.3, -0.25) is 14.9 Å². The topological polar surface area (TPSA) is 107 Å². The molecular formula is C19H14N4O4. The van der Waals surface area contributed by atoms with Crippen molar-refractivity contribution >= 4 is 23.4 Å². The fourth-order valence-electron chi connectivity index (χ4n) is 2.19. The number of amides is 1. The number of nitro groups is 1. The lowest BCUT2D eigenvalue weighted by Crippen LogP contribution is -2.07. The summed E-state index contributed by atoms with van der Waals surface area (Å²) >= 11 is 0. The van der Waals surface area contributed by atoms with Crippen molar-refractivity contribution in [2.24, 2.45) is 0 Å². The number of aromatic nitrogens is 2. The molecule has 0 spiro atoms. The molecule has 27 heavy (non-hydrogen) atoms. The maximum atomic E-state index is 12.0. The van der Waals surface area contributed by atoms with Gasteiger partial charge in [-0.2, -0.15) is 0 Å². The first-order valence-corrected chi connectivity index (χ1v) is 7.89. The van der Waals surface area contributed by atoms with Crippen LogP contribution in [0.2, 0.25) is 0 Å². The average Bonchev–Trinajstić information content (AvgIpc) is 2.69. The molecule has 8 nitrogen and oxygen atoms in total. The number of anilines is 1. The number of hydrogen-bond acceptors (Lipinski definition) is 6. The van der Waals surface area contributed by atoms with Gasteiger partial charge in [-0.1, -0.05) is 12.1 Å². The Morgan fingerprint density at radius 1 is 1.04 bits per heavy atom. The van der Waals surface area contributed by atoms with Gasteiger partial charge < -0.3 is 10.1 Å². The van der Waals surface area contributed by atoms with Gasteiger partial charge in [0.15, 0.2) is 0 Å². The van der Waals surface area contributed by atoms with Crippen molar-refractivity contribution in [2.45, 2.75) is 0 Å². The van der Waals surface area contributed by atoms with Crippen molar-refractivity contribution in [1.29, 1.82) is 0 Å². The molecule has 1 aromatic heterocycles. The van der Waals surface area contributed by atoms with Gasteiger partial charge in [-0.15, -0.1) is 0 Å². The quantitative estimate of drug-likeness (QED) is 0.406. The van der Waals surface area contributed by atoms with E-state index in [2.05, 4.69) is 15.3 Å². The Balaban J connectivity index is 1.62. The largest absolute Gasteiger partial charge is 0.424 e. The number of nitro benzene ring substituents is 1. The first kappa shape index (κ1) is 17.7. The van der Waals surface area contributed by atoms with Crippen LogP contribution in [0.15, 0.2) is 73.1 Å². The lowest BCUT2D eigenvalue weighted by molar-refractivity contribution is -0.385. The summed E-state index contributed by atoms with van der Waals surface area (Å²) < 4.78 is 5.47. The van der Waals surface area contributed by atoms with Crippen LogP contribution in [0.25, 0.3) is 6.08 Å². The van der Waals surface area contributed by atoms with E-state index in [0.717, 1.165) is 0 Å². The number of para-hydroxylation sites is 1. The van der Waals surface area contributed by atoms with E-state index in [9.17, 15) is 14.9 Å². The molecule has 1 heterocycles. The fraction of sp³-hybridized carbons (Fsp3) is 0. The molecule has 1 amide bonds. The Kier molecular flexibility index (Phi) is 5.48. The van der Waals surface area contributed by atoms with Gasteiger partial charge in [0.05, 0.1) is 10.5 Å². The molecule has 0 unspecified atom stereocenters. The molecule has 2 aromatic carbocycles. The Morgan fingerprint density at radius 3 is 2.44 bits per heavy atom. The van der Waals surface area contributed by atoms with Crippen LogP contribution in [-0.4, -0.2) is 20.8 Å². The van der Waals surface area contributed by atoms with Crippen molar-refractivity contribution in [3.63, 3.8) is 0 Å². The number of ether oxygens (including phenoxy) is 1. The third kappa shape index (κ3) is 4.95. The standard InChI is InChI=1S/C19H14N4O4/c24-18(11-6-14-4-1-2-5-17(14)23(25)26)22-15-7-9-16(10-8-15)27-19-20-12-3-13-21-19/h1-13H,(H,22,24). The van der Waals surface area contributed by atoms with Crippen LogP contribution in [0.3, 0.4) is 0 Å². The van der Waals surface area contributed by atoms with Gasteiger partial charge in [-0.25, -0.2) is 9.97 Å². The van der Waals surface area contributed by atoms with Crippen molar-refractivity contribution < 1.29 is 14.5 Å². The predicted octanol–water partition coefficient (Wildman–Crippen LogP) is 3.83. The third-order valence-electron chi connectivity index (χ3n) is 3.42. The summed E-state index contributed by atoms with van der Waals surface area (Å²) in [5.74, 6) is 0.114. The second kappa shape index (κ2) is 8.34. The lowest BCUT2D eigenvalue weighted by Gasteiger charge is -2.05. The summed E-state index contributed by atoms with van der Waals surface area (Å²) in [6.07, 6.45) is 5.78. The Morgan fingerprint density at radius 2 is 1.74 bits per heavy atom. The first-order chi connectivity index (χ1) is 13.1. The van der Waals surface area contributed by atoms with E-state index in [1.54, 1.807) is 60.9 Å². The highest BCUT2D eigenvalue weighted by molar-refractivity contribution is 6.02. The van der Waals surface area contributed by atoms with Crippen molar-refractivity contribution in [1.82, 2.24) is 9.97 Å². The highest BCUT2D eigenvalue weighted by Gasteiger charge is 2.09. The van der Waals surface area contributed by atoms with Crippen LogP contribution in [0.4, 0.5) is 11.4 Å². The molecule has 0 fully saturated rings. The van der Waals surface area contributed by atoms with Gasteiger partial charge in [0.25, 0.3) is 5.69 Å². The molecule has 0 saturated carbocycles. The third-order valence-corrected chi connectivity index (χ3v) is 3.42. The van der Waals surface area contributed by atoms with Gasteiger partial charge in [-0.05, 0) is 42.5 Å². The van der Waals surface area contributed by atoms with Crippen molar-refractivity contribution in [3.05, 3.63) is 88.7 Å². The average molecular weight is 362 g/mol. The molecule has 0 saturated heterocycles. The minimum absolute atomic E-state index is 0.0637. The minimum Gasteiger partial charge on any atom is -0.424 e. The van der Waals surface area contributed by atoms with Crippen LogP contribution >= 0.6 is 0 Å². The van der Waals surface area contributed by atoms with Gasteiger partial charge in [0, 0.05) is 30.2 Å². The predicted molar refractivity (Wildman–Crippen MR) is 99.3 cm³/mol. The zero-order valence-electron chi connectivity index (χ0n) is 14.0. The first-order valence-electron chi connectivity index (χ1n) is 7.89. The summed E-state index contributed by atoms with van der Waals surface area (Å²) in [7, 11) is 0. The monoisotopic (exact) mass is 362 g/mol. The summed E-state index contributed by atoms with van der Waals surface area (Å²) in [6.45, 7) is 0. The van der Waals surface area contributed by atoms with Crippen LogP contribution < -0.4 is 10.1 Å². The van der Waals surface area contributed by atoms with Gasteiger partial charge >= 0.3 is 6.01 Å². The number of carbonyl (C=O) groups is 1. The highest BCUT2D eigenvalue weighted by atomic mass is 16.6. The molecule has 3 rings (SSSR count). The van der Waals surface area contributed by atoms with Gasteiger partial charge in [0.1, 0.15) is 5.75 Å². The molecule has 0 bridgehead atoms. The maximum Gasteiger partial charge on any atom is 0.321 e. The van der Waals surface area contributed by atoms with E-state index in [4.69, 9.17) is 4.74 Å². The van der Waals surface area contributed by atoms with E-state index in [0.29, 0.717) is 17.0 Å². The normalized spacial score (nSPS) is 10.5. The second-order valence-corrected chi connectivity index (χ2v) is 5.30. The van der Waals surface area contributed by atoms with E-state index in [1.807, 2.05) is 0 Å². The van der Waals surface area contributed by atoms with Crippen LogP contribution in [-0.2, 0) is 4.79 Å². The number of benzene rings is 2. The SMILES string of the molecule is O=C(C=Cc1ccccc1[N+](=O)[O-])Nc1ccc(Oc2ncccn2)cc1. The molecular weight excluding hydrogens is 348 g/mol. The van der Waals surface area contributed by atoms with Crippen molar-refractivity contribution in [2.75, 3.05) is 5.32 Å². The smallest absolute Gasteiger partial charge is 0.321 e. The number of hydrogen-bond donors (Lipinski definition) is 1. The molecule has 0 atom stereocenters. The molecule has 134 valence electrons. The van der Waals surface area contributed by atoms with E-state index in [1.165, 1.54) is 18.2 Å². The highest BCUT2D eigenvalue weighted by Crippen LogP contribution is 2.21. The number of carbonyl (C=O) groups excluding carboxylic acids is 1. The Bertz CT molecular complexity index is 973. The van der Waals surface area contributed by atoms with Gasteiger partial charge in [0.2, 0.25) is 5.91 Å². The van der Waals surface area contributed by atoms with Crippen LogP contribution in [0.1, 0.15) is 5.56 Å². The Labute approximate surface area is 154 Å². The van der Waals surface area contributed by atoms with Crippen LogP contribution in [0, 0.1) is 10.1 Å². The summed E-state index contributed by atoms with van der Waals surface area (Å²) in [6, 6.07) is 14.7. The van der Waals surface area contributed by atoms with Crippen LogP contribution in [0.5, 0.6) is 11.8 Å².